The van der Waals surface area contributed by atoms with Gasteiger partial charge in [0.05, 0.1) is 5.69 Å². The van der Waals surface area contributed by atoms with E-state index in [9.17, 15) is 4.79 Å². The lowest BCUT2D eigenvalue weighted by Crippen LogP contribution is -1.94. The van der Waals surface area contributed by atoms with Crippen molar-refractivity contribution >= 4 is 27.4 Å². The van der Waals surface area contributed by atoms with Crippen LogP contribution in [-0.4, -0.2) is 12.3 Å². The molecule has 1 heterocycles. The van der Waals surface area contributed by atoms with Gasteiger partial charge in [0.15, 0.2) is 5.78 Å². The van der Waals surface area contributed by atoms with Gasteiger partial charge in [-0.25, -0.2) is 0 Å². The number of hydrogen-bond donors (Lipinski definition) is 1. The standard InChI is InChI=1S/C10H10BrNO/c1-6(13)8-4-7-2-3-12-10(7)9(11)5-8/h4-5,12H,2-3H2,1H3. The number of anilines is 1. The number of benzene rings is 1. The zero-order chi connectivity index (χ0) is 9.42. The Balaban J connectivity index is 2.55. The van der Waals surface area contributed by atoms with Crippen molar-refractivity contribution in [2.45, 2.75) is 13.3 Å². The lowest BCUT2D eigenvalue weighted by atomic mass is 10.1. The van der Waals surface area contributed by atoms with E-state index >= 15 is 0 Å². The number of nitrogens with one attached hydrogen (secondary N) is 1. The van der Waals surface area contributed by atoms with Crippen molar-refractivity contribution in [1.29, 1.82) is 0 Å². The Morgan fingerprint density at radius 1 is 1.54 bits per heavy atom. The molecule has 0 spiro atoms. The highest BCUT2D eigenvalue weighted by atomic mass is 79.9. The van der Waals surface area contributed by atoms with E-state index in [1.165, 1.54) is 5.56 Å². The van der Waals surface area contributed by atoms with E-state index in [0.717, 1.165) is 28.7 Å². The van der Waals surface area contributed by atoms with Crippen molar-refractivity contribution in [1.82, 2.24) is 0 Å². The van der Waals surface area contributed by atoms with Gasteiger partial charge in [-0.2, -0.15) is 0 Å². The second-order valence-corrected chi connectivity index (χ2v) is 4.08. The summed E-state index contributed by atoms with van der Waals surface area (Å²) in [6.45, 7) is 2.56. The van der Waals surface area contributed by atoms with Crippen molar-refractivity contribution in [3.8, 4) is 0 Å². The summed E-state index contributed by atoms with van der Waals surface area (Å²) in [5, 5.41) is 3.28. The Hall–Kier alpha value is -0.830. The third kappa shape index (κ3) is 1.48. The largest absolute Gasteiger partial charge is 0.384 e. The summed E-state index contributed by atoms with van der Waals surface area (Å²) in [6.07, 6.45) is 1.01. The first-order valence-corrected chi connectivity index (χ1v) is 5.05. The van der Waals surface area contributed by atoms with Crippen LogP contribution < -0.4 is 5.32 Å². The summed E-state index contributed by atoms with van der Waals surface area (Å²) >= 11 is 3.45. The monoisotopic (exact) mass is 239 g/mol. The van der Waals surface area contributed by atoms with E-state index in [1.54, 1.807) is 6.92 Å². The summed E-state index contributed by atoms with van der Waals surface area (Å²) in [4.78, 5) is 11.2. The fourth-order valence-electron chi connectivity index (χ4n) is 1.58. The normalized spacial score (nSPS) is 13.7. The highest BCUT2D eigenvalue weighted by Gasteiger charge is 2.15. The van der Waals surface area contributed by atoms with Crippen LogP contribution in [0.1, 0.15) is 22.8 Å². The maximum atomic E-state index is 11.2. The van der Waals surface area contributed by atoms with Gasteiger partial charge in [0, 0.05) is 16.6 Å². The molecule has 0 atom stereocenters. The van der Waals surface area contributed by atoms with Crippen LogP contribution in [0.2, 0.25) is 0 Å². The van der Waals surface area contributed by atoms with E-state index < -0.39 is 0 Å². The SMILES string of the molecule is CC(=O)c1cc(Br)c2c(c1)CCN2. The van der Waals surface area contributed by atoms with Crippen molar-refractivity contribution in [3.63, 3.8) is 0 Å². The average Bonchev–Trinajstić information content (AvgIpc) is 2.51. The number of hydrogen-bond acceptors (Lipinski definition) is 2. The van der Waals surface area contributed by atoms with Crippen LogP contribution in [-0.2, 0) is 6.42 Å². The second-order valence-electron chi connectivity index (χ2n) is 3.23. The van der Waals surface area contributed by atoms with Gasteiger partial charge in [0.25, 0.3) is 0 Å². The number of fused-ring (bicyclic) bond motifs is 1. The molecule has 0 radical (unpaired) electrons. The van der Waals surface area contributed by atoms with Crippen molar-refractivity contribution in [2.75, 3.05) is 11.9 Å². The molecule has 0 bridgehead atoms. The topological polar surface area (TPSA) is 29.1 Å². The van der Waals surface area contributed by atoms with E-state index in [2.05, 4.69) is 21.2 Å². The summed E-state index contributed by atoms with van der Waals surface area (Å²) in [5.74, 6) is 0.121. The number of carbonyl (C=O) groups is 1. The van der Waals surface area contributed by atoms with Crippen molar-refractivity contribution in [3.05, 3.63) is 27.7 Å². The predicted molar refractivity (Wildman–Crippen MR) is 56.3 cm³/mol. The molecule has 68 valence electrons. The third-order valence-corrected chi connectivity index (χ3v) is 2.90. The Morgan fingerprint density at radius 3 is 3.00 bits per heavy atom. The van der Waals surface area contributed by atoms with Crippen LogP contribution in [0.4, 0.5) is 5.69 Å². The maximum absolute atomic E-state index is 11.2. The minimum atomic E-state index is 0.121. The quantitative estimate of drug-likeness (QED) is 0.764. The molecule has 0 aliphatic carbocycles. The Morgan fingerprint density at radius 2 is 2.31 bits per heavy atom. The van der Waals surface area contributed by atoms with Crippen LogP contribution >= 0.6 is 15.9 Å². The number of carbonyl (C=O) groups excluding carboxylic acids is 1. The van der Waals surface area contributed by atoms with Gasteiger partial charge in [-0.1, -0.05) is 0 Å². The highest BCUT2D eigenvalue weighted by Crippen LogP contribution is 2.32. The van der Waals surface area contributed by atoms with Crippen LogP contribution in [0.15, 0.2) is 16.6 Å². The molecule has 3 heteroatoms. The Kier molecular flexibility index (Phi) is 2.12. The fourth-order valence-corrected chi connectivity index (χ4v) is 2.23. The molecule has 0 aromatic heterocycles. The minimum absolute atomic E-state index is 0.121. The first-order valence-electron chi connectivity index (χ1n) is 4.25. The molecule has 1 aliphatic heterocycles. The molecule has 0 saturated carbocycles. The lowest BCUT2D eigenvalue weighted by Gasteiger charge is -2.04. The predicted octanol–water partition coefficient (Wildman–Crippen LogP) is 2.62. The fraction of sp³-hybridized carbons (Fsp3) is 0.300. The summed E-state index contributed by atoms with van der Waals surface area (Å²) < 4.78 is 0.993. The Labute approximate surface area is 85.5 Å². The highest BCUT2D eigenvalue weighted by molar-refractivity contribution is 9.10. The van der Waals surface area contributed by atoms with Gasteiger partial charge in [-0.15, -0.1) is 0 Å². The van der Waals surface area contributed by atoms with E-state index in [1.807, 2.05) is 12.1 Å². The van der Waals surface area contributed by atoms with Gasteiger partial charge in [0.2, 0.25) is 0 Å². The molecule has 0 fully saturated rings. The maximum Gasteiger partial charge on any atom is 0.159 e. The molecule has 0 amide bonds. The number of Topliss-reactive ketones (excluding diaryl/α,β-unsaturated/α-hetero) is 1. The van der Waals surface area contributed by atoms with Crippen molar-refractivity contribution < 1.29 is 4.79 Å². The van der Waals surface area contributed by atoms with Crippen LogP contribution in [0, 0.1) is 0 Å². The minimum Gasteiger partial charge on any atom is -0.384 e. The molecule has 1 N–H and O–H groups in total. The Bertz CT molecular complexity index is 373. The number of halogens is 1. The molecule has 1 aromatic rings. The van der Waals surface area contributed by atoms with Gasteiger partial charge < -0.3 is 5.32 Å². The summed E-state index contributed by atoms with van der Waals surface area (Å²) in [5.41, 5.74) is 3.17. The molecule has 1 aromatic carbocycles. The first kappa shape index (κ1) is 8.75. The molecule has 0 saturated heterocycles. The zero-order valence-electron chi connectivity index (χ0n) is 7.36. The molecule has 13 heavy (non-hydrogen) atoms. The lowest BCUT2D eigenvalue weighted by molar-refractivity contribution is 0.101. The van der Waals surface area contributed by atoms with Gasteiger partial charge in [0.1, 0.15) is 0 Å². The van der Waals surface area contributed by atoms with E-state index in [4.69, 9.17) is 0 Å². The molecule has 1 aliphatic rings. The van der Waals surface area contributed by atoms with Crippen LogP contribution in [0.3, 0.4) is 0 Å². The van der Waals surface area contributed by atoms with Gasteiger partial charge >= 0.3 is 0 Å². The second kappa shape index (κ2) is 3.14. The van der Waals surface area contributed by atoms with Gasteiger partial charge in [-0.05, 0) is 47.0 Å². The first-order chi connectivity index (χ1) is 6.18. The number of ketones is 1. The molecule has 2 rings (SSSR count). The van der Waals surface area contributed by atoms with Gasteiger partial charge in [-0.3, -0.25) is 4.79 Å². The smallest absolute Gasteiger partial charge is 0.159 e. The third-order valence-electron chi connectivity index (χ3n) is 2.27. The summed E-state index contributed by atoms with van der Waals surface area (Å²) in [6, 6.07) is 3.85. The molecular weight excluding hydrogens is 230 g/mol. The van der Waals surface area contributed by atoms with E-state index in [-0.39, 0.29) is 5.78 Å². The number of rotatable bonds is 1. The van der Waals surface area contributed by atoms with E-state index in [0.29, 0.717) is 0 Å². The van der Waals surface area contributed by atoms with Crippen LogP contribution in [0.25, 0.3) is 0 Å². The van der Waals surface area contributed by atoms with Crippen LogP contribution in [0.5, 0.6) is 0 Å². The zero-order valence-corrected chi connectivity index (χ0v) is 8.94. The molecule has 2 nitrogen and oxygen atoms in total. The average molecular weight is 240 g/mol. The molecule has 0 unspecified atom stereocenters. The molecular formula is C10H10BrNO. The summed E-state index contributed by atoms with van der Waals surface area (Å²) in [7, 11) is 0. The van der Waals surface area contributed by atoms with Crippen molar-refractivity contribution in [2.24, 2.45) is 0 Å².